The van der Waals surface area contributed by atoms with Crippen molar-refractivity contribution in [1.82, 2.24) is 0 Å². The van der Waals surface area contributed by atoms with Gasteiger partial charge in [-0.25, -0.2) is 0 Å². The van der Waals surface area contributed by atoms with Crippen molar-refractivity contribution in [3.05, 3.63) is 35.9 Å². The molecular formula is C15H20F3. The minimum atomic E-state index is -3.98. The maximum absolute atomic E-state index is 11.9. The van der Waals surface area contributed by atoms with Gasteiger partial charge in [0.25, 0.3) is 0 Å². The van der Waals surface area contributed by atoms with Crippen LogP contribution in [0.15, 0.2) is 24.3 Å². The molecule has 0 aliphatic heterocycles. The fourth-order valence-electron chi connectivity index (χ4n) is 1.93. The number of halogens is 3. The second kappa shape index (κ2) is 8.17. The number of hydrogen-bond acceptors (Lipinski definition) is 0. The summed E-state index contributed by atoms with van der Waals surface area (Å²) < 4.78 is 35.6. The van der Waals surface area contributed by atoms with E-state index in [2.05, 4.69) is 12.1 Å². The number of rotatable bonds is 8. The molecule has 0 heterocycles. The van der Waals surface area contributed by atoms with Crippen LogP contribution in [0.3, 0.4) is 0 Å². The van der Waals surface area contributed by atoms with E-state index in [0.717, 1.165) is 32.1 Å². The lowest BCUT2D eigenvalue weighted by atomic mass is 10.0. The van der Waals surface area contributed by atoms with Gasteiger partial charge in [0, 0.05) is 6.42 Å². The number of hydrogen-bond donors (Lipinski definition) is 0. The molecule has 0 N–H and O–H groups in total. The monoisotopic (exact) mass is 257 g/mol. The van der Waals surface area contributed by atoms with E-state index in [1.807, 2.05) is 18.2 Å². The zero-order chi connectivity index (χ0) is 13.3. The van der Waals surface area contributed by atoms with Gasteiger partial charge in [0.2, 0.25) is 0 Å². The molecule has 0 bridgehead atoms. The average Bonchev–Trinajstić information content (AvgIpc) is 2.32. The fraction of sp³-hybridized carbons (Fsp3) is 0.600. The molecule has 0 aliphatic carbocycles. The second-order valence-electron chi connectivity index (χ2n) is 4.62. The average molecular weight is 257 g/mol. The van der Waals surface area contributed by atoms with E-state index in [1.54, 1.807) is 0 Å². The Morgan fingerprint density at radius 1 is 0.889 bits per heavy atom. The molecule has 1 rings (SSSR count). The van der Waals surface area contributed by atoms with Crippen LogP contribution < -0.4 is 0 Å². The minimum absolute atomic E-state index is 0.274. The van der Waals surface area contributed by atoms with Crippen LogP contribution in [0.5, 0.6) is 0 Å². The molecule has 3 heteroatoms. The van der Waals surface area contributed by atoms with Gasteiger partial charge in [-0.2, -0.15) is 13.2 Å². The van der Waals surface area contributed by atoms with Crippen molar-refractivity contribution in [2.75, 3.05) is 0 Å². The molecule has 0 saturated carbocycles. The molecule has 18 heavy (non-hydrogen) atoms. The largest absolute Gasteiger partial charge is 0.389 e. The van der Waals surface area contributed by atoms with Crippen LogP contribution in [0.25, 0.3) is 0 Å². The molecular weight excluding hydrogens is 237 g/mol. The lowest BCUT2D eigenvalue weighted by Gasteiger charge is -2.05. The van der Waals surface area contributed by atoms with Crippen molar-refractivity contribution in [3.8, 4) is 0 Å². The third-order valence-corrected chi connectivity index (χ3v) is 2.93. The number of unbranched alkanes of at least 4 members (excludes halogenated alkanes) is 5. The van der Waals surface area contributed by atoms with Crippen LogP contribution in [0.1, 0.15) is 50.5 Å². The smallest absolute Gasteiger partial charge is 0.171 e. The van der Waals surface area contributed by atoms with Crippen molar-refractivity contribution in [1.29, 1.82) is 0 Å². The maximum atomic E-state index is 11.9. The summed E-state index contributed by atoms with van der Waals surface area (Å²) in [6.45, 7) is 0. The Morgan fingerprint density at radius 3 is 2.17 bits per heavy atom. The van der Waals surface area contributed by atoms with E-state index in [0.29, 0.717) is 6.42 Å². The highest BCUT2D eigenvalue weighted by Crippen LogP contribution is 2.23. The van der Waals surface area contributed by atoms with Crippen LogP contribution in [0, 0.1) is 6.07 Å². The molecule has 1 aromatic carbocycles. The van der Waals surface area contributed by atoms with Crippen molar-refractivity contribution < 1.29 is 13.2 Å². The Hall–Kier alpha value is -0.990. The second-order valence-corrected chi connectivity index (χ2v) is 4.62. The standard InChI is InChI=1S/C15H20F3/c16-15(17,18)13-9-4-2-1-3-6-10-14-11-7-5-8-12-14/h5,7-8,11H,1-4,6,9-10,13H2. The lowest BCUT2D eigenvalue weighted by Crippen LogP contribution is -2.06. The maximum Gasteiger partial charge on any atom is 0.389 e. The first kappa shape index (κ1) is 15.1. The van der Waals surface area contributed by atoms with Gasteiger partial charge in [-0.15, -0.1) is 0 Å². The summed E-state index contributed by atoms with van der Waals surface area (Å²) in [6.07, 6.45) is 1.50. The fourth-order valence-corrected chi connectivity index (χ4v) is 1.93. The highest BCUT2D eigenvalue weighted by molar-refractivity contribution is 5.12. The van der Waals surface area contributed by atoms with E-state index in [4.69, 9.17) is 0 Å². The van der Waals surface area contributed by atoms with Crippen LogP contribution in [0.4, 0.5) is 13.2 Å². The van der Waals surface area contributed by atoms with Gasteiger partial charge in [-0.05, 0) is 30.9 Å². The van der Waals surface area contributed by atoms with Crippen molar-refractivity contribution in [2.24, 2.45) is 0 Å². The zero-order valence-electron chi connectivity index (χ0n) is 10.6. The van der Waals surface area contributed by atoms with E-state index < -0.39 is 12.6 Å². The highest BCUT2D eigenvalue weighted by Gasteiger charge is 2.25. The Bertz CT molecular complexity index is 303. The van der Waals surface area contributed by atoms with Crippen molar-refractivity contribution in [2.45, 2.75) is 57.5 Å². The molecule has 0 nitrogen and oxygen atoms in total. The zero-order valence-corrected chi connectivity index (χ0v) is 10.6. The van der Waals surface area contributed by atoms with Gasteiger partial charge < -0.3 is 0 Å². The molecule has 0 amide bonds. The van der Waals surface area contributed by atoms with Crippen LogP contribution in [-0.4, -0.2) is 6.18 Å². The number of aryl methyl sites for hydroxylation is 1. The number of alkyl halides is 3. The van der Waals surface area contributed by atoms with Crippen LogP contribution >= 0.6 is 0 Å². The van der Waals surface area contributed by atoms with Gasteiger partial charge in [0.1, 0.15) is 0 Å². The van der Waals surface area contributed by atoms with Gasteiger partial charge in [0.05, 0.1) is 0 Å². The van der Waals surface area contributed by atoms with Crippen LogP contribution in [0.2, 0.25) is 0 Å². The van der Waals surface area contributed by atoms with E-state index >= 15 is 0 Å². The molecule has 1 aromatic rings. The van der Waals surface area contributed by atoms with E-state index in [1.165, 1.54) is 5.56 Å². The normalized spacial score (nSPS) is 11.7. The molecule has 1 radical (unpaired) electrons. The van der Waals surface area contributed by atoms with Gasteiger partial charge in [-0.3, -0.25) is 0 Å². The Morgan fingerprint density at radius 2 is 1.56 bits per heavy atom. The molecule has 0 aliphatic rings. The van der Waals surface area contributed by atoms with Gasteiger partial charge in [0.15, 0.2) is 0 Å². The topological polar surface area (TPSA) is 0 Å². The predicted molar refractivity (Wildman–Crippen MR) is 67.4 cm³/mol. The highest BCUT2D eigenvalue weighted by atomic mass is 19.4. The van der Waals surface area contributed by atoms with Crippen LogP contribution in [-0.2, 0) is 6.42 Å². The quantitative estimate of drug-likeness (QED) is 0.553. The Balaban J connectivity index is 1.90. The number of benzene rings is 1. The molecule has 0 saturated heterocycles. The summed E-state index contributed by atoms with van der Waals surface area (Å²) in [5.41, 5.74) is 1.22. The third-order valence-electron chi connectivity index (χ3n) is 2.93. The summed E-state index contributed by atoms with van der Waals surface area (Å²) >= 11 is 0. The SMILES string of the molecule is FC(F)(F)CCCCCCCCc1[c]cccc1. The molecule has 0 fully saturated rings. The van der Waals surface area contributed by atoms with E-state index in [-0.39, 0.29) is 6.42 Å². The van der Waals surface area contributed by atoms with Gasteiger partial charge in [-0.1, -0.05) is 49.9 Å². The summed E-state index contributed by atoms with van der Waals surface area (Å²) in [5.74, 6) is 0. The third kappa shape index (κ3) is 8.15. The molecule has 0 atom stereocenters. The summed E-state index contributed by atoms with van der Waals surface area (Å²) in [4.78, 5) is 0. The molecule has 0 unspecified atom stereocenters. The summed E-state index contributed by atoms with van der Waals surface area (Å²) in [6, 6.07) is 11.1. The van der Waals surface area contributed by atoms with Crippen molar-refractivity contribution in [3.63, 3.8) is 0 Å². The van der Waals surface area contributed by atoms with E-state index in [9.17, 15) is 13.2 Å². The first-order valence-electron chi connectivity index (χ1n) is 6.60. The van der Waals surface area contributed by atoms with Crippen molar-refractivity contribution >= 4 is 0 Å². The van der Waals surface area contributed by atoms with Gasteiger partial charge >= 0.3 is 6.18 Å². The molecule has 0 spiro atoms. The summed E-state index contributed by atoms with van der Waals surface area (Å²) in [5, 5.41) is 0. The minimum Gasteiger partial charge on any atom is -0.171 e. The molecule has 101 valence electrons. The first-order chi connectivity index (χ1) is 8.58. The Labute approximate surface area is 107 Å². The predicted octanol–water partition coefficient (Wildman–Crippen LogP) is 5.32. The molecule has 0 aromatic heterocycles. The lowest BCUT2D eigenvalue weighted by molar-refractivity contribution is -0.135. The Kier molecular flexibility index (Phi) is 6.84. The first-order valence-corrected chi connectivity index (χ1v) is 6.60. The summed E-state index contributed by atoms with van der Waals surface area (Å²) in [7, 11) is 0.